The highest BCUT2D eigenvalue weighted by atomic mass is 32.2. The third kappa shape index (κ3) is 6.51. The second-order valence-electron chi connectivity index (χ2n) is 7.72. The summed E-state index contributed by atoms with van der Waals surface area (Å²) < 4.78 is 38.7. The number of amides is 1. The van der Waals surface area contributed by atoms with Gasteiger partial charge in [0.05, 0.1) is 11.5 Å². The van der Waals surface area contributed by atoms with E-state index in [0.717, 1.165) is 33.4 Å². The van der Waals surface area contributed by atoms with E-state index in [0.29, 0.717) is 30.5 Å². The fourth-order valence-corrected chi connectivity index (χ4v) is 4.99. The molecule has 0 radical (unpaired) electrons. The number of benzene rings is 1. The molecule has 0 spiro atoms. The molecule has 0 saturated carbocycles. The van der Waals surface area contributed by atoms with Crippen LogP contribution in [0.2, 0.25) is 0 Å². The van der Waals surface area contributed by atoms with Crippen molar-refractivity contribution in [2.45, 2.75) is 52.5 Å². The van der Waals surface area contributed by atoms with Crippen LogP contribution in [0.5, 0.6) is 5.88 Å². The average Bonchev–Trinajstić information content (AvgIpc) is 2.75. The van der Waals surface area contributed by atoms with Crippen molar-refractivity contribution < 1.29 is 22.7 Å². The van der Waals surface area contributed by atoms with Gasteiger partial charge in [-0.3, -0.25) is 4.79 Å². The lowest BCUT2D eigenvalue weighted by Crippen LogP contribution is -2.31. The maximum Gasteiger partial charge on any atom is 0.241 e. The van der Waals surface area contributed by atoms with Gasteiger partial charge in [-0.05, 0) is 68.0 Å². The van der Waals surface area contributed by atoms with E-state index >= 15 is 0 Å². The van der Waals surface area contributed by atoms with Gasteiger partial charge < -0.3 is 14.8 Å². The number of pyridine rings is 1. The van der Waals surface area contributed by atoms with E-state index in [1.54, 1.807) is 19.4 Å². The van der Waals surface area contributed by atoms with Crippen molar-refractivity contribution >= 4 is 15.9 Å². The fourth-order valence-electron chi connectivity index (χ4n) is 3.36. The summed E-state index contributed by atoms with van der Waals surface area (Å²) >= 11 is 0. The first kappa shape index (κ1) is 25.8. The summed E-state index contributed by atoms with van der Waals surface area (Å²) in [5.41, 5.74) is 5.33. The molecule has 0 aliphatic heterocycles. The van der Waals surface area contributed by atoms with Gasteiger partial charge in [0.15, 0.2) is 0 Å². The SMILES string of the molecule is COCCOc1ccc(CNC(=O)CCNS(=O)(=O)c2c(C)c(C)c(C)c(C)c2C)cn1. The van der Waals surface area contributed by atoms with Crippen LogP contribution in [0.25, 0.3) is 0 Å². The Morgan fingerprint density at radius 2 is 1.59 bits per heavy atom. The Kier molecular flexibility index (Phi) is 9.18. The molecule has 0 aliphatic carbocycles. The summed E-state index contributed by atoms with van der Waals surface area (Å²) in [6.07, 6.45) is 1.66. The maximum atomic E-state index is 12.9. The molecule has 176 valence electrons. The molecule has 0 saturated heterocycles. The Morgan fingerprint density at radius 3 is 2.16 bits per heavy atom. The molecule has 0 bridgehead atoms. The van der Waals surface area contributed by atoms with Crippen molar-refractivity contribution in [2.75, 3.05) is 26.9 Å². The normalized spacial score (nSPS) is 11.4. The van der Waals surface area contributed by atoms with E-state index in [1.807, 2.05) is 40.7 Å². The van der Waals surface area contributed by atoms with Crippen LogP contribution in [0.1, 0.15) is 39.8 Å². The lowest BCUT2D eigenvalue weighted by Gasteiger charge is -2.19. The van der Waals surface area contributed by atoms with Crippen molar-refractivity contribution in [1.82, 2.24) is 15.0 Å². The van der Waals surface area contributed by atoms with Gasteiger partial charge in [-0.15, -0.1) is 0 Å². The van der Waals surface area contributed by atoms with Crippen molar-refractivity contribution in [1.29, 1.82) is 0 Å². The number of hydrogen-bond donors (Lipinski definition) is 2. The summed E-state index contributed by atoms with van der Waals surface area (Å²) in [5, 5.41) is 2.77. The van der Waals surface area contributed by atoms with Gasteiger partial charge in [0, 0.05) is 38.9 Å². The third-order valence-corrected chi connectivity index (χ3v) is 7.40. The summed E-state index contributed by atoms with van der Waals surface area (Å²) in [7, 11) is -2.13. The van der Waals surface area contributed by atoms with Gasteiger partial charge in [-0.2, -0.15) is 0 Å². The van der Waals surface area contributed by atoms with Crippen molar-refractivity contribution in [3.63, 3.8) is 0 Å². The molecule has 0 atom stereocenters. The van der Waals surface area contributed by atoms with Crippen LogP contribution < -0.4 is 14.8 Å². The zero-order chi connectivity index (χ0) is 23.9. The smallest absolute Gasteiger partial charge is 0.241 e. The van der Waals surface area contributed by atoms with Gasteiger partial charge in [-0.25, -0.2) is 18.1 Å². The number of carbonyl (C=O) groups is 1. The summed E-state index contributed by atoms with van der Waals surface area (Å²) in [4.78, 5) is 16.6. The Balaban J connectivity index is 1.88. The maximum absolute atomic E-state index is 12.9. The van der Waals surface area contributed by atoms with Gasteiger partial charge in [-0.1, -0.05) is 6.07 Å². The molecule has 1 aromatic carbocycles. The second-order valence-corrected chi connectivity index (χ2v) is 9.43. The Labute approximate surface area is 190 Å². The zero-order valence-corrected chi connectivity index (χ0v) is 20.5. The molecule has 1 amide bonds. The molecule has 0 unspecified atom stereocenters. The second kappa shape index (κ2) is 11.4. The van der Waals surface area contributed by atoms with Crippen LogP contribution in [0.4, 0.5) is 0 Å². The Morgan fingerprint density at radius 1 is 0.969 bits per heavy atom. The minimum Gasteiger partial charge on any atom is -0.475 e. The molecule has 0 fully saturated rings. The standard InChI is InChI=1S/C23H33N3O5S/c1-15-16(2)18(4)23(19(5)17(15)3)32(28,29)26-10-9-21(27)24-13-20-7-8-22(25-14-20)31-12-11-30-6/h7-8,14,26H,9-13H2,1-6H3,(H,24,27). The number of rotatable bonds is 11. The highest BCUT2D eigenvalue weighted by molar-refractivity contribution is 7.89. The lowest BCUT2D eigenvalue weighted by molar-refractivity contribution is -0.121. The number of methoxy groups -OCH3 is 1. The van der Waals surface area contributed by atoms with Gasteiger partial charge in [0.1, 0.15) is 6.61 Å². The lowest BCUT2D eigenvalue weighted by atomic mass is 9.95. The number of ether oxygens (including phenoxy) is 2. The minimum absolute atomic E-state index is 0.0174. The van der Waals surface area contributed by atoms with Crippen molar-refractivity contribution in [2.24, 2.45) is 0 Å². The molecule has 8 nitrogen and oxygen atoms in total. The van der Waals surface area contributed by atoms with Crippen LogP contribution >= 0.6 is 0 Å². The van der Waals surface area contributed by atoms with E-state index < -0.39 is 10.0 Å². The number of hydrogen-bond acceptors (Lipinski definition) is 6. The topological polar surface area (TPSA) is 107 Å². The Hall–Kier alpha value is -2.49. The molecule has 1 heterocycles. The van der Waals surface area contributed by atoms with Crippen LogP contribution in [-0.2, 0) is 26.1 Å². The minimum atomic E-state index is -3.72. The molecule has 2 aromatic rings. The van der Waals surface area contributed by atoms with E-state index in [-0.39, 0.29) is 18.9 Å². The largest absolute Gasteiger partial charge is 0.475 e. The Bertz CT molecular complexity index is 1020. The molecular formula is C23H33N3O5S. The van der Waals surface area contributed by atoms with Crippen LogP contribution in [0.15, 0.2) is 23.2 Å². The average molecular weight is 464 g/mol. The molecule has 9 heteroatoms. The van der Waals surface area contributed by atoms with Gasteiger partial charge in [0.25, 0.3) is 0 Å². The number of aromatic nitrogens is 1. The highest BCUT2D eigenvalue weighted by Crippen LogP contribution is 2.29. The monoisotopic (exact) mass is 463 g/mol. The van der Waals surface area contributed by atoms with Crippen molar-refractivity contribution in [3.8, 4) is 5.88 Å². The summed E-state index contributed by atoms with van der Waals surface area (Å²) in [6.45, 7) is 10.7. The fraction of sp³-hybridized carbons (Fsp3) is 0.478. The van der Waals surface area contributed by atoms with E-state index in [4.69, 9.17) is 9.47 Å². The first-order chi connectivity index (χ1) is 15.1. The molecule has 32 heavy (non-hydrogen) atoms. The first-order valence-corrected chi connectivity index (χ1v) is 12.0. The highest BCUT2D eigenvalue weighted by Gasteiger charge is 2.23. The van der Waals surface area contributed by atoms with Crippen molar-refractivity contribution in [3.05, 3.63) is 51.7 Å². The molecule has 2 rings (SSSR count). The van der Waals surface area contributed by atoms with E-state index in [1.165, 1.54) is 0 Å². The van der Waals surface area contributed by atoms with Crippen LogP contribution in [-0.4, -0.2) is 46.2 Å². The quantitative estimate of drug-likeness (QED) is 0.496. The number of carbonyl (C=O) groups excluding carboxylic acids is 1. The summed E-state index contributed by atoms with van der Waals surface area (Å²) in [5.74, 6) is 0.233. The zero-order valence-electron chi connectivity index (χ0n) is 19.7. The number of nitrogens with zero attached hydrogens (tertiary/aromatic N) is 1. The predicted molar refractivity (Wildman–Crippen MR) is 123 cm³/mol. The summed E-state index contributed by atoms with van der Waals surface area (Å²) in [6, 6.07) is 3.53. The van der Waals surface area contributed by atoms with Gasteiger partial charge in [0.2, 0.25) is 21.8 Å². The number of sulfonamides is 1. The van der Waals surface area contributed by atoms with E-state index in [9.17, 15) is 13.2 Å². The molecule has 1 aromatic heterocycles. The first-order valence-electron chi connectivity index (χ1n) is 10.5. The van der Waals surface area contributed by atoms with Crippen LogP contribution in [0.3, 0.4) is 0 Å². The number of nitrogens with one attached hydrogen (secondary N) is 2. The van der Waals surface area contributed by atoms with E-state index in [2.05, 4.69) is 15.0 Å². The third-order valence-electron chi connectivity index (χ3n) is 5.67. The molecule has 0 aliphatic rings. The molecular weight excluding hydrogens is 430 g/mol. The predicted octanol–water partition coefficient (Wildman–Crippen LogP) is 2.63. The van der Waals surface area contributed by atoms with Crippen LogP contribution in [0, 0.1) is 34.6 Å². The van der Waals surface area contributed by atoms with Gasteiger partial charge >= 0.3 is 0 Å². The molecule has 2 N–H and O–H groups in total.